The molecular weight excluding hydrogens is 354 g/mol. The van der Waals surface area contributed by atoms with Gasteiger partial charge in [0.1, 0.15) is 5.01 Å². The molecule has 0 saturated carbocycles. The van der Waals surface area contributed by atoms with Crippen molar-refractivity contribution in [2.75, 3.05) is 0 Å². The van der Waals surface area contributed by atoms with Gasteiger partial charge < -0.3 is 5.32 Å². The van der Waals surface area contributed by atoms with E-state index in [1.54, 1.807) is 23.5 Å². The predicted octanol–water partition coefficient (Wildman–Crippen LogP) is 4.36. The van der Waals surface area contributed by atoms with Crippen LogP contribution in [0.3, 0.4) is 0 Å². The summed E-state index contributed by atoms with van der Waals surface area (Å²) in [5.41, 5.74) is 2.00. The number of rotatable bonds is 6. The lowest BCUT2D eigenvalue weighted by atomic mass is 10.1. The van der Waals surface area contributed by atoms with Gasteiger partial charge in [0.15, 0.2) is 0 Å². The van der Waals surface area contributed by atoms with E-state index in [9.17, 15) is 10.1 Å². The summed E-state index contributed by atoms with van der Waals surface area (Å²) >= 11 is 4.83. The molecule has 2 aromatic rings. The van der Waals surface area contributed by atoms with Crippen molar-refractivity contribution in [3.05, 3.63) is 54.4 Å². The maximum Gasteiger partial charge on any atom is 0.283 e. The summed E-state index contributed by atoms with van der Waals surface area (Å²) in [5.74, 6) is 0. The maximum absolute atomic E-state index is 10.9. The van der Waals surface area contributed by atoms with Crippen molar-refractivity contribution in [2.24, 2.45) is 0 Å². The van der Waals surface area contributed by atoms with E-state index in [4.69, 9.17) is 0 Å². The van der Waals surface area contributed by atoms with Crippen LogP contribution in [0.2, 0.25) is 0 Å². The van der Waals surface area contributed by atoms with E-state index in [0.717, 1.165) is 22.7 Å². The van der Waals surface area contributed by atoms with Crippen LogP contribution in [-0.2, 0) is 6.54 Å². The van der Waals surface area contributed by atoms with Gasteiger partial charge in [-0.3, -0.25) is 10.1 Å². The second kappa shape index (κ2) is 7.11. The summed E-state index contributed by atoms with van der Waals surface area (Å²) in [5, 5.41) is 17.4. The molecule has 0 aliphatic carbocycles. The van der Waals surface area contributed by atoms with Crippen LogP contribution in [0.4, 0.5) is 5.69 Å². The molecule has 0 fully saturated rings. The van der Waals surface area contributed by atoms with Crippen molar-refractivity contribution >= 4 is 33.0 Å². The summed E-state index contributed by atoms with van der Waals surface area (Å²) in [6, 6.07) is 5.36. The van der Waals surface area contributed by atoms with Crippen molar-refractivity contribution in [3.8, 4) is 0 Å². The van der Waals surface area contributed by atoms with Crippen LogP contribution < -0.4 is 5.32 Å². The Hall–Kier alpha value is -1.31. The van der Waals surface area contributed by atoms with Gasteiger partial charge in [0.2, 0.25) is 0 Å². The van der Waals surface area contributed by atoms with E-state index in [2.05, 4.69) is 33.2 Å². The van der Waals surface area contributed by atoms with Crippen LogP contribution in [0.1, 0.15) is 35.7 Å². The highest BCUT2D eigenvalue weighted by Crippen LogP contribution is 2.26. The normalized spacial score (nSPS) is 12.3. The number of halogens is 1. The largest absolute Gasteiger partial charge is 0.304 e. The first-order valence-electron chi connectivity index (χ1n) is 6.59. The third kappa shape index (κ3) is 4.09. The smallest absolute Gasteiger partial charge is 0.283 e. The standard InChI is InChI=1S/C14H16BrN3O2S/c1-3-12(14-17-9(2)8-21-14)16-7-10-4-5-11(15)13(6-10)18(19)20/h4-6,8,12,16H,3,7H2,1-2H3. The first-order valence-corrected chi connectivity index (χ1v) is 8.26. The van der Waals surface area contributed by atoms with Crippen LogP contribution in [0.15, 0.2) is 28.1 Å². The molecule has 1 N–H and O–H groups in total. The van der Waals surface area contributed by atoms with E-state index >= 15 is 0 Å². The molecule has 1 heterocycles. The van der Waals surface area contributed by atoms with E-state index in [0.29, 0.717) is 11.0 Å². The van der Waals surface area contributed by atoms with Crippen molar-refractivity contribution in [3.63, 3.8) is 0 Å². The van der Waals surface area contributed by atoms with Gasteiger partial charge in [-0.15, -0.1) is 11.3 Å². The van der Waals surface area contributed by atoms with Crippen molar-refractivity contribution < 1.29 is 4.92 Å². The number of nitrogens with one attached hydrogen (secondary N) is 1. The fourth-order valence-electron chi connectivity index (χ4n) is 1.99. The van der Waals surface area contributed by atoms with E-state index in [-0.39, 0.29) is 16.7 Å². The van der Waals surface area contributed by atoms with Crippen LogP contribution in [0, 0.1) is 17.0 Å². The minimum absolute atomic E-state index is 0.0902. The molecule has 0 radical (unpaired) electrons. The quantitative estimate of drug-likeness (QED) is 0.606. The van der Waals surface area contributed by atoms with Gasteiger partial charge >= 0.3 is 0 Å². The average Bonchev–Trinajstić information content (AvgIpc) is 2.87. The van der Waals surface area contributed by atoms with E-state index < -0.39 is 0 Å². The molecule has 1 aromatic carbocycles. The van der Waals surface area contributed by atoms with Gasteiger partial charge in [-0.1, -0.05) is 13.0 Å². The predicted molar refractivity (Wildman–Crippen MR) is 87.5 cm³/mol. The Labute approximate surface area is 135 Å². The Kier molecular flexibility index (Phi) is 5.44. The van der Waals surface area contributed by atoms with E-state index in [1.807, 2.05) is 18.4 Å². The molecule has 0 saturated heterocycles. The lowest BCUT2D eigenvalue weighted by molar-refractivity contribution is -0.385. The van der Waals surface area contributed by atoms with Crippen molar-refractivity contribution in [1.82, 2.24) is 10.3 Å². The summed E-state index contributed by atoms with van der Waals surface area (Å²) in [7, 11) is 0. The Morgan fingerprint density at radius 1 is 1.52 bits per heavy atom. The molecule has 1 unspecified atom stereocenters. The van der Waals surface area contributed by atoms with Gasteiger partial charge in [0.25, 0.3) is 5.69 Å². The molecular formula is C14H16BrN3O2S. The third-order valence-corrected chi connectivity index (χ3v) is 4.85. The molecule has 2 rings (SSSR count). The number of thiazole rings is 1. The molecule has 0 aliphatic heterocycles. The molecule has 1 atom stereocenters. The number of benzene rings is 1. The van der Waals surface area contributed by atoms with Crippen LogP contribution >= 0.6 is 27.3 Å². The van der Waals surface area contributed by atoms with Crippen LogP contribution in [-0.4, -0.2) is 9.91 Å². The monoisotopic (exact) mass is 369 g/mol. The Bertz CT molecular complexity index is 645. The highest BCUT2D eigenvalue weighted by molar-refractivity contribution is 9.10. The number of nitro groups is 1. The Balaban J connectivity index is 2.08. The van der Waals surface area contributed by atoms with Crippen LogP contribution in [0.5, 0.6) is 0 Å². The molecule has 21 heavy (non-hydrogen) atoms. The SMILES string of the molecule is CCC(NCc1ccc(Br)c([N+](=O)[O-])c1)c1nc(C)cs1. The zero-order valence-electron chi connectivity index (χ0n) is 11.8. The van der Waals surface area contributed by atoms with Crippen molar-refractivity contribution in [1.29, 1.82) is 0 Å². The summed E-state index contributed by atoms with van der Waals surface area (Å²) in [6.07, 6.45) is 0.922. The number of aromatic nitrogens is 1. The fourth-order valence-corrected chi connectivity index (χ4v) is 3.33. The molecule has 0 spiro atoms. The first kappa shape index (κ1) is 16.1. The third-order valence-electron chi connectivity index (χ3n) is 3.10. The zero-order chi connectivity index (χ0) is 15.4. The molecule has 112 valence electrons. The molecule has 5 nitrogen and oxygen atoms in total. The minimum Gasteiger partial charge on any atom is -0.304 e. The summed E-state index contributed by atoms with van der Waals surface area (Å²) < 4.78 is 0.499. The summed E-state index contributed by atoms with van der Waals surface area (Å²) in [4.78, 5) is 15.1. The second-order valence-electron chi connectivity index (χ2n) is 4.71. The lowest BCUT2D eigenvalue weighted by Gasteiger charge is -2.14. The van der Waals surface area contributed by atoms with Gasteiger partial charge in [-0.05, 0) is 40.9 Å². The van der Waals surface area contributed by atoms with E-state index in [1.165, 1.54) is 0 Å². The molecule has 0 bridgehead atoms. The second-order valence-corrected chi connectivity index (χ2v) is 6.46. The number of nitro benzene ring substituents is 1. The summed E-state index contributed by atoms with van der Waals surface area (Å²) in [6.45, 7) is 4.65. The molecule has 0 amide bonds. The highest BCUT2D eigenvalue weighted by atomic mass is 79.9. The topological polar surface area (TPSA) is 68.1 Å². The number of hydrogen-bond acceptors (Lipinski definition) is 5. The number of hydrogen-bond donors (Lipinski definition) is 1. The Morgan fingerprint density at radius 3 is 2.86 bits per heavy atom. The molecule has 7 heteroatoms. The average molecular weight is 370 g/mol. The van der Waals surface area contributed by atoms with Gasteiger partial charge in [-0.2, -0.15) is 0 Å². The van der Waals surface area contributed by atoms with Gasteiger partial charge in [0.05, 0.1) is 15.4 Å². The van der Waals surface area contributed by atoms with Gasteiger partial charge in [0, 0.05) is 23.7 Å². The molecule has 1 aromatic heterocycles. The van der Waals surface area contributed by atoms with Crippen molar-refractivity contribution in [2.45, 2.75) is 32.9 Å². The zero-order valence-corrected chi connectivity index (χ0v) is 14.2. The highest BCUT2D eigenvalue weighted by Gasteiger charge is 2.15. The minimum atomic E-state index is -0.380. The van der Waals surface area contributed by atoms with Crippen LogP contribution in [0.25, 0.3) is 0 Å². The molecule has 0 aliphatic rings. The van der Waals surface area contributed by atoms with Gasteiger partial charge in [-0.25, -0.2) is 4.98 Å². The first-order chi connectivity index (χ1) is 10.0. The Morgan fingerprint density at radius 2 is 2.29 bits per heavy atom. The lowest BCUT2D eigenvalue weighted by Crippen LogP contribution is -2.20. The fraction of sp³-hybridized carbons (Fsp3) is 0.357. The maximum atomic E-state index is 10.9. The number of nitrogens with zero attached hydrogens (tertiary/aromatic N) is 2. The number of aryl methyl sites for hydroxylation is 1.